The molecule has 4 atom stereocenters. The van der Waals surface area contributed by atoms with Crippen molar-refractivity contribution in [1.82, 2.24) is 25.4 Å². The lowest BCUT2D eigenvalue weighted by Gasteiger charge is -2.42. The van der Waals surface area contributed by atoms with Gasteiger partial charge < -0.3 is 48.4 Å². The van der Waals surface area contributed by atoms with Gasteiger partial charge in [0.1, 0.15) is 24.2 Å². The maximum atomic E-state index is 14.5. The molecule has 2 aliphatic rings. The third kappa shape index (κ3) is 8.24. The monoisotopic (exact) mass is 720 g/mol. The summed E-state index contributed by atoms with van der Waals surface area (Å²) in [6, 6.07) is 17.6. The van der Waals surface area contributed by atoms with Crippen molar-refractivity contribution >= 4 is 46.5 Å². The van der Waals surface area contributed by atoms with Gasteiger partial charge in [0.05, 0.1) is 0 Å². The molecule has 1 aromatic heterocycles. The highest BCUT2D eigenvalue weighted by Gasteiger charge is 2.42. The summed E-state index contributed by atoms with van der Waals surface area (Å²) < 4.78 is 0. The van der Waals surface area contributed by atoms with Gasteiger partial charge in [-0.05, 0) is 46.7 Å². The summed E-state index contributed by atoms with van der Waals surface area (Å²) in [6.07, 6.45) is 2.69. The number of guanidine groups is 1. The second-order valence-electron chi connectivity index (χ2n) is 13.4. The van der Waals surface area contributed by atoms with Gasteiger partial charge in [0.25, 0.3) is 0 Å². The molecule has 11 N–H and O–H groups in total. The van der Waals surface area contributed by atoms with Crippen LogP contribution in [0, 0.1) is 0 Å². The summed E-state index contributed by atoms with van der Waals surface area (Å²) >= 11 is 0. The van der Waals surface area contributed by atoms with Crippen LogP contribution >= 0.6 is 0 Å². The van der Waals surface area contributed by atoms with Crippen LogP contribution in [0.4, 0.5) is 4.79 Å². The highest BCUT2D eigenvalue weighted by molar-refractivity contribution is 5.96. The fraction of sp³-hybridized carbons (Fsp3) is 0.316. The van der Waals surface area contributed by atoms with E-state index >= 15 is 0 Å². The van der Waals surface area contributed by atoms with E-state index in [0.717, 1.165) is 38.7 Å². The Hall–Kier alpha value is -6.38. The average molecular weight is 721 g/mol. The van der Waals surface area contributed by atoms with Gasteiger partial charge in [0.2, 0.25) is 23.6 Å². The number of carbonyl (C=O) groups excluding carboxylic acids is 5. The first kappa shape index (κ1) is 36.4. The number of nitrogens with one attached hydrogen (secondary N) is 3. The zero-order valence-corrected chi connectivity index (χ0v) is 29.2. The normalized spacial score (nSPS) is 17.5. The van der Waals surface area contributed by atoms with Crippen molar-refractivity contribution in [3.8, 4) is 0 Å². The summed E-state index contributed by atoms with van der Waals surface area (Å²) in [5.74, 6) is -2.52. The summed E-state index contributed by atoms with van der Waals surface area (Å²) in [6.45, 7) is 0.443. The van der Waals surface area contributed by atoms with Crippen LogP contribution in [0.15, 0.2) is 84.0 Å². The lowest BCUT2D eigenvalue weighted by atomic mass is 9.89. The molecule has 0 bridgehead atoms. The van der Waals surface area contributed by atoms with Gasteiger partial charge >= 0.3 is 6.03 Å². The molecule has 53 heavy (non-hydrogen) atoms. The Bertz CT molecular complexity index is 2060. The molecular weight excluding hydrogens is 676 g/mol. The number of amides is 6. The first-order valence-electron chi connectivity index (χ1n) is 17.5. The lowest BCUT2D eigenvalue weighted by Crippen LogP contribution is -2.62. The van der Waals surface area contributed by atoms with Gasteiger partial charge in [0.15, 0.2) is 5.96 Å². The minimum atomic E-state index is -1.14. The number of para-hydroxylation sites is 1. The Morgan fingerprint density at radius 1 is 0.755 bits per heavy atom. The molecule has 0 spiro atoms. The van der Waals surface area contributed by atoms with Crippen LogP contribution in [0.3, 0.4) is 0 Å². The zero-order chi connectivity index (χ0) is 37.6. The third-order valence-corrected chi connectivity index (χ3v) is 9.99. The SMILES string of the molecule is NC(=O)[C@H](Cc1c[nH]c2ccccc12)NC(=O)[C@H](CCCN=C(N)N)NC(=O)[C@H]1Cc2ccccc2CN1C(=O)[C@@H]1Cc2ccccc2CN1C(N)=O. The Morgan fingerprint density at radius 2 is 1.36 bits per heavy atom. The largest absolute Gasteiger partial charge is 0.370 e. The van der Waals surface area contributed by atoms with Crippen molar-refractivity contribution in [2.45, 2.75) is 69.4 Å². The number of aromatic amines is 1. The van der Waals surface area contributed by atoms with Gasteiger partial charge in [-0.25, -0.2) is 4.79 Å². The second kappa shape index (κ2) is 15.9. The van der Waals surface area contributed by atoms with E-state index in [0.29, 0.717) is 6.42 Å². The molecule has 0 radical (unpaired) electrons. The van der Waals surface area contributed by atoms with Crippen molar-refractivity contribution in [2.75, 3.05) is 6.54 Å². The molecule has 0 unspecified atom stereocenters. The number of primary amides is 2. The molecule has 15 nitrogen and oxygen atoms in total. The smallest absolute Gasteiger partial charge is 0.315 e. The second-order valence-corrected chi connectivity index (χ2v) is 13.4. The molecule has 0 saturated carbocycles. The lowest BCUT2D eigenvalue weighted by molar-refractivity contribution is -0.146. The number of carbonyl (C=O) groups is 5. The van der Waals surface area contributed by atoms with Gasteiger partial charge in [-0.3, -0.25) is 24.2 Å². The molecule has 6 amide bonds. The quantitative estimate of drug-likeness (QED) is 0.0626. The van der Waals surface area contributed by atoms with Crippen molar-refractivity contribution in [1.29, 1.82) is 0 Å². The molecule has 0 aliphatic carbocycles. The topological polar surface area (TPSA) is 248 Å². The fourth-order valence-corrected chi connectivity index (χ4v) is 7.21. The van der Waals surface area contributed by atoms with E-state index in [1.807, 2.05) is 72.8 Å². The Kier molecular flexibility index (Phi) is 10.9. The Morgan fingerprint density at radius 3 is 2.00 bits per heavy atom. The van der Waals surface area contributed by atoms with Gasteiger partial charge in [-0.1, -0.05) is 66.7 Å². The number of aliphatic imine (C=N–C) groups is 1. The van der Waals surface area contributed by atoms with Crippen LogP contribution in [0.2, 0.25) is 0 Å². The molecule has 2 aliphatic heterocycles. The number of nitrogens with zero attached hydrogens (tertiary/aromatic N) is 3. The van der Waals surface area contributed by atoms with Crippen LogP contribution in [0.1, 0.15) is 40.7 Å². The van der Waals surface area contributed by atoms with E-state index in [9.17, 15) is 24.0 Å². The van der Waals surface area contributed by atoms with Crippen LogP contribution in [-0.2, 0) is 51.5 Å². The minimum Gasteiger partial charge on any atom is -0.370 e. The molecule has 3 aromatic carbocycles. The van der Waals surface area contributed by atoms with Gasteiger partial charge in [-0.2, -0.15) is 0 Å². The number of hydrogen-bond donors (Lipinski definition) is 7. The molecule has 15 heteroatoms. The maximum Gasteiger partial charge on any atom is 0.315 e. The number of rotatable bonds is 12. The van der Waals surface area contributed by atoms with E-state index in [4.69, 9.17) is 22.9 Å². The molecule has 0 fully saturated rings. The highest BCUT2D eigenvalue weighted by atomic mass is 16.2. The summed E-state index contributed by atoms with van der Waals surface area (Å²) in [7, 11) is 0. The first-order valence-corrected chi connectivity index (χ1v) is 17.5. The Balaban J connectivity index is 1.25. The Labute approximate surface area is 306 Å². The molecule has 6 rings (SSSR count). The van der Waals surface area contributed by atoms with Gasteiger partial charge in [0, 0.05) is 56.0 Å². The van der Waals surface area contributed by atoms with E-state index in [1.165, 1.54) is 9.80 Å². The van der Waals surface area contributed by atoms with Crippen molar-refractivity contribution < 1.29 is 24.0 Å². The van der Waals surface area contributed by atoms with E-state index in [1.54, 1.807) is 6.20 Å². The van der Waals surface area contributed by atoms with Crippen LogP contribution in [0.25, 0.3) is 10.9 Å². The predicted octanol–water partition coefficient (Wildman–Crippen LogP) is 0.678. The molecule has 4 aromatic rings. The molecule has 3 heterocycles. The number of H-pyrrole nitrogens is 1. The molecule has 276 valence electrons. The number of fused-ring (bicyclic) bond motifs is 3. The zero-order valence-electron chi connectivity index (χ0n) is 29.2. The number of aromatic nitrogens is 1. The van der Waals surface area contributed by atoms with Crippen molar-refractivity contribution in [2.24, 2.45) is 27.9 Å². The third-order valence-electron chi connectivity index (χ3n) is 9.99. The molecule has 0 saturated heterocycles. The first-order chi connectivity index (χ1) is 25.5. The number of benzene rings is 3. The van der Waals surface area contributed by atoms with Crippen LogP contribution < -0.4 is 33.6 Å². The minimum absolute atomic E-state index is 0.105. The van der Waals surface area contributed by atoms with E-state index in [2.05, 4.69) is 20.6 Å². The maximum absolute atomic E-state index is 14.5. The predicted molar refractivity (Wildman–Crippen MR) is 199 cm³/mol. The van der Waals surface area contributed by atoms with Crippen molar-refractivity contribution in [3.05, 3.63) is 107 Å². The van der Waals surface area contributed by atoms with E-state index < -0.39 is 53.8 Å². The number of nitrogens with two attached hydrogens (primary N) is 4. The highest BCUT2D eigenvalue weighted by Crippen LogP contribution is 2.29. The summed E-state index contributed by atoms with van der Waals surface area (Å²) in [5, 5.41) is 6.48. The van der Waals surface area contributed by atoms with Crippen molar-refractivity contribution in [3.63, 3.8) is 0 Å². The van der Waals surface area contributed by atoms with Gasteiger partial charge in [-0.15, -0.1) is 0 Å². The molecular formula is C38H44N10O5. The van der Waals surface area contributed by atoms with Crippen LogP contribution in [0.5, 0.6) is 0 Å². The summed E-state index contributed by atoms with van der Waals surface area (Å²) in [5.41, 5.74) is 27.8. The van der Waals surface area contributed by atoms with E-state index in [-0.39, 0.29) is 51.3 Å². The number of hydrogen-bond acceptors (Lipinski definition) is 6. The summed E-state index contributed by atoms with van der Waals surface area (Å²) in [4.78, 5) is 78.0. The van der Waals surface area contributed by atoms with Crippen LogP contribution in [-0.4, -0.2) is 81.1 Å². The fourth-order valence-electron chi connectivity index (χ4n) is 7.21. The standard InChI is InChI=1S/C38H44N10O5/c39-33(49)30(16-26-19-44-28-13-6-5-12-27(26)28)46-34(50)29(14-7-15-43-37(40)41)45-35(51)31-17-22-8-1-3-10-24(22)20-47(31)36(52)32-18-23-9-2-4-11-25(23)21-48(32)38(42)53/h1-6,8-13,19,29-32,44H,7,14-18,20-21H2,(H2,39,49)(H2,42,53)(H,45,51)(H,46,50)(H4,40,41,43)/t29-,30-,31+,32-/m0/s1. The number of urea groups is 1. The average Bonchev–Trinajstić information content (AvgIpc) is 3.56.